The average molecular weight is 619 g/mol. The van der Waals surface area contributed by atoms with E-state index < -0.39 is 0 Å². The number of methoxy groups -OCH3 is 1. The average Bonchev–Trinajstić information content (AvgIpc) is 3.70. The molecule has 0 spiro atoms. The van der Waals surface area contributed by atoms with Crippen molar-refractivity contribution in [3.63, 3.8) is 0 Å². The van der Waals surface area contributed by atoms with Crippen molar-refractivity contribution in [2.75, 3.05) is 7.11 Å². The Hall–Kier alpha value is -2.90. The van der Waals surface area contributed by atoms with E-state index in [4.69, 9.17) is 65.1 Å². The molecule has 10 heteroatoms. The lowest BCUT2D eigenvalue weighted by Gasteiger charge is -2.28. The summed E-state index contributed by atoms with van der Waals surface area (Å²) in [6.45, 7) is 0.175. The van der Waals surface area contributed by atoms with Gasteiger partial charge in [0.2, 0.25) is 0 Å². The van der Waals surface area contributed by atoms with Crippen LogP contribution >= 0.6 is 46.4 Å². The Morgan fingerprint density at radius 2 is 1.70 bits per heavy atom. The Labute approximate surface area is 251 Å². The summed E-state index contributed by atoms with van der Waals surface area (Å²) in [6, 6.07) is 14.0. The summed E-state index contributed by atoms with van der Waals surface area (Å²) in [4.78, 5) is 11.9. The van der Waals surface area contributed by atoms with Crippen LogP contribution in [0.5, 0.6) is 11.5 Å². The molecule has 2 heterocycles. The molecule has 206 valence electrons. The van der Waals surface area contributed by atoms with E-state index >= 15 is 0 Å². The minimum atomic E-state index is -0.385. The highest BCUT2D eigenvalue weighted by atomic mass is 35.5. The van der Waals surface area contributed by atoms with Crippen molar-refractivity contribution in [3.8, 4) is 22.8 Å². The van der Waals surface area contributed by atoms with Crippen molar-refractivity contribution < 1.29 is 23.5 Å². The lowest BCUT2D eigenvalue weighted by molar-refractivity contribution is 0.0600. The number of hydrogen-bond acceptors (Lipinski definition) is 6. The van der Waals surface area contributed by atoms with E-state index in [1.54, 1.807) is 48.5 Å². The van der Waals surface area contributed by atoms with Gasteiger partial charge in [-0.25, -0.2) is 4.79 Å². The zero-order valence-electron chi connectivity index (χ0n) is 21.3. The Bertz CT molecular complexity index is 1570. The number of aromatic nitrogens is 1. The van der Waals surface area contributed by atoms with E-state index in [2.05, 4.69) is 5.16 Å². The minimum Gasteiger partial charge on any atom is -0.489 e. The maximum absolute atomic E-state index is 11.9. The molecule has 4 aromatic rings. The number of carbonyl (C=O) groups is 1. The summed E-state index contributed by atoms with van der Waals surface area (Å²) >= 11 is 26.4. The van der Waals surface area contributed by atoms with Crippen LogP contribution in [0.25, 0.3) is 11.3 Å². The number of halogens is 4. The summed E-state index contributed by atoms with van der Waals surface area (Å²) in [7, 11) is 1.36. The van der Waals surface area contributed by atoms with Gasteiger partial charge in [0, 0.05) is 17.0 Å². The molecule has 1 fully saturated rings. The summed E-state index contributed by atoms with van der Waals surface area (Å²) in [6.07, 6.45) is 3.04. The molecule has 2 aliphatic rings. The first-order valence-corrected chi connectivity index (χ1v) is 14.3. The van der Waals surface area contributed by atoms with Gasteiger partial charge in [0.15, 0.2) is 0 Å². The fourth-order valence-electron chi connectivity index (χ4n) is 4.99. The molecule has 1 aliphatic carbocycles. The quantitative estimate of drug-likeness (QED) is 0.192. The third-order valence-corrected chi connectivity index (χ3v) is 8.41. The Morgan fingerprint density at radius 3 is 2.38 bits per heavy atom. The summed E-state index contributed by atoms with van der Waals surface area (Å²) in [5.41, 5.74) is 4.08. The molecule has 1 unspecified atom stereocenters. The molecule has 6 rings (SSSR count). The van der Waals surface area contributed by atoms with E-state index in [1.807, 2.05) is 0 Å². The molecule has 1 aliphatic heterocycles. The van der Waals surface area contributed by atoms with Gasteiger partial charge in [-0.15, -0.1) is 0 Å². The molecule has 1 aromatic heterocycles. The molecule has 1 atom stereocenters. The lowest BCUT2D eigenvalue weighted by Crippen LogP contribution is -2.17. The Kier molecular flexibility index (Phi) is 7.62. The van der Waals surface area contributed by atoms with Crippen molar-refractivity contribution in [1.29, 1.82) is 0 Å². The van der Waals surface area contributed by atoms with Crippen molar-refractivity contribution in [2.24, 2.45) is 0 Å². The van der Waals surface area contributed by atoms with Gasteiger partial charge >= 0.3 is 5.97 Å². The third-order valence-electron chi connectivity index (χ3n) is 7.15. The largest absolute Gasteiger partial charge is 0.489 e. The van der Waals surface area contributed by atoms with Crippen LogP contribution in [0, 0.1) is 0 Å². The molecule has 0 N–H and O–H groups in total. The number of benzene rings is 3. The number of rotatable bonds is 7. The van der Waals surface area contributed by atoms with Gasteiger partial charge in [0.05, 0.1) is 38.3 Å². The van der Waals surface area contributed by atoms with Crippen molar-refractivity contribution in [1.82, 2.24) is 5.16 Å². The van der Waals surface area contributed by atoms with Crippen LogP contribution < -0.4 is 9.47 Å². The predicted octanol–water partition coefficient (Wildman–Crippen LogP) is 9.26. The summed E-state index contributed by atoms with van der Waals surface area (Å²) < 4.78 is 23.0. The second-order valence-electron chi connectivity index (χ2n) is 9.79. The maximum Gasteiger partial charge on any atom is 0.337 e. The van der Waals surface area contributed by atoms with Crippen LogP contribution in [-0.4, -0.2) is 18.2 Å². The number of nitrogens with zero attached hydrogens (tertiary/aromatic N) is 1. The van der Waals surface area contributed by atoms with Gasteiger partial charge in [0.1, 0.15) is 35.7 Å². The number of fused-ring (bicyclic) bond motifs is 1. The van der Waals surface area contributed by atoms with Crippen LogP contribution in [0.3, 0.4) is 0 Å². The van der Waals surface area contributed by atoms with E-state index in [1.165, 1.54) is 7.11 Å². The normalized spacial score (nSPS) is 16.3. The standard InChI is InChI=1S/C30H23Cl4NO5/c1-37-30(36)17-8-9-24-16(11-17)7-10-25(39-24)26-22(33)12-18(13-23(26)34)38-14-19-28(35-40-29(19)15-5-6-15)27-20(31)3-2-4-21(27)32/h2-4,8-9,11-13,15,25H,5-7,10,14H2,1H3. The van der Waals surface area contributed by atoms with E-state index in [0.717, 1.165) is 29.7 Å². The number of hydrogen-bond donors (Lipinski definition) is 0. The van der Waals surface area contributed by atoms with Crippen LogP contribution in [-0.2, 0) is 17.8 Å². The van der Waals surface area contributed by atoms with Crippen LogP contribution in [0.4, 0.5) is 0 Å². The molecule has 3 aromatic carbocycles. The first-order valence-electron chi connectivity index (χ1n) is 12.8. The van der Waals surface area contributed by atoms with Crippen molar-refractivity contribution >= 4 is 52.4 Å². The predicted molar refractivity (Wildman–Crippen MR) is 154 cm³/mol. The third kappa shape index (κ3) is 5.26. The molecule has 40 heavy (non-hydrogen) atoms. The van der Waals surface area contributed by atoms with Gasteiger partial charge in [-0.2, -0.15) is 0 Å². The van der Waals surface area contributed by atoms with Gasteiger partial charge < -0.3 is 18.7 Å². The minimum absolute atomic E-state index is 0.175. The first-order chi connectivity index (χ1) is 19.3. The van der Waals surface area contributed by atoms with Gasteiger partial charge in [-0.1, -0.05) is 57.6 Å². The molecular weight excluding hydrogens is 596 g/mol. The Balaban J connectivity index is 1.23. The number of aryl methyl sites for hydroxylation is 1. The summed E-state index contributed by atoms with van der Waals surface area (Å²) in [5.74, 6) is 1.87. The van der Waals surface area contributed by atoms with E-state index in [-0.39, 0.29) is 18.7 Å². The monoisotopic (exact) mass is 617 g/mol. The number of ether oxygens (including phenoxy) is 3. The Morgan fingerprint density at radius 1 is 0.975 bits per heavy atom. The van der Waals surface area contributed by atoms with E-state index in [0.29, 0.717) is 72.7 Å². The van der Waals surface area contributed by atoms with Gasteiger partial charge in [0.25, 0.3) is 0 Å². The molecule has 0 amide bonds. The zero-order valence-corrected chi connectivity index (χ0v) is 24.3. The van der Waals surface area contributed by atoms with E-state index in [9.17, 15) is 4.79 Å². The second-order valence-corrected chi connectivity index (χ2v) is 11.4. The zero-order chi connectivity index (χ0) is 28.0. The molecule has 1 saturated carbocycles. The van der Waals surface area contributed by atoms with Crippen LogP contribution in [0.15, 0.2) is 53.1 Å². The summed E-state index contributed by atoms with van der Waals surface area (Å²) in [5, 5.41) is 6.14. The fraction of sp³-hybridized carbons (Fsp3) is 0.267. The highest BCUT2D eigenvalue weighted by Crippen LogP contribution is 2.47. The molecule has 0 radical (unpaired) electrons. The SMILES string of the molecule is COC(=O)c1ccc2c(c1)CCC(c1c(Cl)cc(OCc3c(-c4c(Cl)cccc4Cl)noc3C3CC3)cc1Cl)O2. The molecule has 6 nitrogen and oxygen atoms in total. The fourth-order valence-corrected chi connectivity index (χ4v) is 6.28. The number of carbonyl (C=O) groups excluding carboxylic acids is 1. The highest BCUT2D eigenvalue weighted by Gasteiger charge is 2.34. The molecule has 0 bridgehead atoms. The molecule has 0 saturated heterocycles. The van der Waals surface area contributed by atoms with Crippen LogP contribution in [0.2, 0.25) is 20.1 Å². The number of esters is 1. The van der Waals surface area contributed by atoms with Gasteiger partial charge in [-0.3, -0.25) is 0 Å². The lowest BCUT2D eigenvalue weighted by atomic mass is 9.96. The van der Waals surface area contributed by atoms with Crippen LogP contribution in [0.1, 0.15) is 64.1 Å². The van der Waals surface area contributed by atoms with Crippen molar-refractivity contribution in [3.05, 3.63) is 96.6 Å². The highest BCUT2D eigenvalue weighted by molar-refractivity contribution is 6.39. The topological polar surface area (TPSA) is 70.8 Å². The van der Waals surface area contributed by atoms with Crippen molar-refractivity contribution in [2.45, 2.75) is 44.3 Å². The molecular formula is C30H23Cl4NO5. The first kappa shape index (κ1) is 27.3. The maximum atomic E-state index is 11.9. The smallest absolute Gasteiger partial charge is 0.337 e. The van der Waals surface area contributed by atoms with Gasteiger partial charge in [-0.05, 0) is 73.7 Å². The second kappa shape index (κ2) is 11.2.